The number of rotatable bonds is 3. The standard InChI is InChI=1S/C16H13Cl2FN2/c1-10-9-11(5-6-13(10)19)21-14-4-2-3-12(18)16(14)20-15(21)7-8-17/h2-6,9H,7-8H2,1H3. The zero-order valence-electron chi connectivity index (χ0n) is 11.4. The first-order valence-corrected chi connectivity index (χ1v) is 7.51. The summed E-state index contributed by atoms with van der Waals surface area (Å²) < 4.78 is 15.5. The lowest BCUT2D eigenvalue weighted by Gasteiger charge is -2.10. The predicted molar refractivity (Wildman–Crippen MR) is 85.2 cm³/mol. The lowest BCUT2D eigenvalue weighted by atomic mass is 10.2. The quantitative estimate of drug-likeness (QED) is 0.626. The molecule has 0 fully saturated rings. The average Bonchev–Trinajstić information content (AvgIpc) is 2.82. The topological polar surface area (TPSA) is 17.8 Å². The van der Waals surface area contributed by atoms with Gasteiger partial charge in [0.1, 0.15) is 17.2 Å². The van der Waals surface area contributed by atoms with E-state index in [9.17, 15) is 4.39 Å². The maximum atomic E-state index is 13.5. The maximum absolute atomic E-state index is 13.5. The zero-order valence-corrected chi connectivity index (χ0v) is 12.9. The summed E-state index contributed by atoms with van der Waals surface area (Å²) in [7, 11) is 0. The Hall–Kier alpha value is -1.58. The van der Waals surface area contributed by atoms with Crippen molar-refractivity contribution < 1.29 is 4.39 Å². The van der Waals surface area contributed by atoms with E-state index >= 15 is 0 Å². The van der Waals surface area contributed by atoms with Gasteiger partial charge in [-0.2, -0.15) is 0 Å². The van der Waals surface area contributed by atoms with Crippen LogP contribution in [-0.4, -0.2) is 15.4 Å². The highest BCUT2D eigenvalue weighted by molar-refractivity contribution is 6.35. The van der Waals surface area contributed by atoms with Crippen molar-refractivity contribution in [1.82, 2.24) is 9.55 Å². The molecule has 5 heteroatoms. The van der Waals surface area contributed by atoms with Crippen LogP contribution < -0.4 is 0 Å². The fourth-order valence-corrected chi connectivity index (χ4v) is 2.80. The van der Waals surface area contributed by atoms with E-state index in [0.29, 0.717) is 22.9 Å². The molecule has 3 aromatic rings. The molecule has 0 atom stereocenters. The number of aryl methyl sites for hydroxylation is 2. The summed E-state index contributed by atoms with van der Waals surface area (Å²) >= 11 is 12.1. The minimum Gasteiger partial charge on any atom is -0.296 e. The number of nitrogens with zero attached hydrogens (tertiary/aromatic N) is 2. The van der Waals surface area contributed by atoms with Gasteiger partial charge in [0.2, 0.25) is 0 Å². The summed E-state index contributed by atoms with van der Waals surface area (Å²) in [5.74, 6) is 1.06. The second-order valence-corrected chi connectivity index (χ2v) is 5.63. The Morgan fingerprint density at radius 1 is 1.24 bits per heavy atom. The van der Waals surface area contributed by atoms with Crippen LogP contribution in [0.3, 0.4) is 0 Å². The van der Waals surface area contributed by atoms with E-state index in [2.05, 4.69) is 4.98 Å². The minimum absolute atomic E-state index is 0.222. The highest BCUT2D eigenvalue weighted by atomic mass is 35.5. The number of alkyl halides is 1. The van der Waals surface area contributed by atoms with E-state index in [1.807, 2.05) is 22.8 Å². The summed E-state index contributed by atoms with van der Waals surface area (Å²) in [6.45, 7) is 1.74. The first kappa shape index (κ1) is 14.4. The van der Waals surface area contributed by atoms with Gasteiger partial charge in [-0.1, -0.05) is 17.7 Å². The molecule has 0 radical (unpaired) electrons. The molecule has 2 aromatic carbocycles. The molecule has 0 unspecified atom stereocenters. The Kier molecular flexibility index (Phi) is 3.87. The fourth-order valence-electron chi connectivity index (χ4n) is 2.42. The first-order chi connectivity index (χ1) is 10.1. The zero-order chi connectivity index (χ0) is 15.0. The number of aromatic nitrogens is 2. The van der Waals surface area contributed by atoms with Gasteiger partial charge in [-0.05, 0) is 42.8 Å². The number of para-hydroxylation sites is 1. The Morgan fingerprint density at radius 3 is 2.76 bits per heavy atom. The lowest BCUT2D eigenvalue weighted by Crippen LogP contribution is -2.03. The molecule has 0 aliphatic carbocycles. The van der Waals surface area contributed by atoms with Crippen LogP contribution in [0.5, 0.6) is 0 Å². The summed E-state index contributed by atoms with van der Waals surface area (Å²) in [4.78, 5) is 4.58. The van der Waals surface area contributed by atoms with Crippen molar-refractivity contribution in [3.63, 3.8) is 0 Å². The molecule has 108 valence electrons. The monoisotopic (exact) mass is 322 g/mol. The third-order valence-corrected chi connectivity index (χ3v) is 3.92. The van der Waals surface area contributed by atoms with Crippen LogP contribution in [0.2, 0.25) is 5.02 Å². The number of halogens is 3. The lowest BCUT2D eigenvalue weighted by molar-refractivity contribution is 0.618. The molecular formula is C16H13Cl2FN2. The van der Waals surface area contributed by atoms with Crippen LogP contribution >= 0.6 is 23.2 Å². The molecule has 1 aromatic heterocycles. The molecule has 0 aliphatic heterocycles. The Labute approximate surface area is 132 Å². The smallest absolute Gasteiger partial charge is 0.126 e. The van der Waals surface area contributed by atoms with Crippen LogP contribution in [0.4, 0.5) is 4.39 Å². The van der Waals surface area contributed by atoms with Gasteiger partial charge < -0.3 is 0 Å². The first-order valence-electron chi connectivity index (χ1n) is 6.60. The van der Waals surface area contributed by atoms with Gasteiger partial charge in [0, 0.05) is 18.0 Å². The number of benzene rings is 2. The highest BCUT2D eigenvalue weighted by Crippen LogP contribution is 2.28. The Morgan fingerprint density at radius 2 is 2.05 bits per heavy atom. The van der Waals surface area contributed by atoms with Crippen molar-refractivity contribution in [2.24, 2.45) is 0 Å². The molecule has 2 nitrogen and oxygen atoms in total. The van der Waals surface area contributed by atoms with E-state index in [0.717, 1.165) is 22.5 Å². The molecule has 0 N–H and O–H groups in total. The van der Waals surface area contributed by atoms with E-state index in [1.165, 1.54) is 6.07 Å². The number of fused-ring (bicyclic) bond motifs is 1. The SMILES string of the molecule is Cc1cc(-n2c(CCCl)nc3c(Cl)cccc32)ccc1F. The van der Waals surface area contributed by atoms with Gasteiger partial charge in [-0.25, -0.2) is 9.37 Å². The normalized spacial score (nSPS) is 11.2. The third-order valence-electron chi connectivity index (χ3n) is 3.42. The van der Waals surface area contributed by atoms with Gasteiger partial charge in [0.25, 0.3) is 0 Å². The minimum atomic E-state index is -0.222. The molecule has 3 rings (SSSR count). The van der Waals surface area contributed by atoms with Crippen LogP contribution in [0.25, 0.3) is 16.7 Å². The van der Waals surface area contributed by atoms with E-state index < -0.39 is 0 Å². The fraction of sp³-hybridized carbons (Fsp3) is 0.188. The molecule has 0 amide bonds. The Balaban J connectivity index is 2.30. The molecule has 0 saturated carbocycles. The van der Waals surface area contributed by atoms with Gasteiger partial charge in [0.05, 0.1) is 10.5 Å². The maximum Gasteiger partial charge on any atom is 0.126 e. The van der Waals surface area contributed by atoms with Crippen molar-refractivity contribution in [2.45, 2.75) is 13.3 Å². The molecule has 0 aliphatic rings. The van der Waals surface area contributed by atoms with Crippen molar-refractivity contribution in [3.05, 3.63) is 58.6 Å². The highest BCUT2D eigenvalue weighted by Gasteiger charge is 2.14. The van der Waals surface area contributed by atoms with Gasteiger partial charge in [0.15, 0.2) is 0 Å². The van der Waals surface area contributed by atoms with Crippen LogP contribution in [-0.2, 0) is 6.42 Å². The summed E-state index contributed by atoms with van der Waals surface area (Å²) in [6.07, 6.45) is 0.614. The van der Waals surface area contributed by atoms with Gasteiger partial charge >= 0.3 is 0 Å². The van der Waals surface area contributed by atoms with E-state index in [1.54, 1.807) is 19.1 Å². The molecule has 21 heavy (non-hydrogen) atoms. The summed E-state index contributed by atoms with van der Waals surface area (Å²) in [5.41, 5.74) is 3.09. The van der Waals surface area contributed by atoms with Crippen LogP contribution in [0, 0.1) is 12.7 Å². The average molecular weight is 323 g/mol. The van der Waals surface area contributed by atoms with Gasteiger partial charge in [-0.3, -0.25) is 4.57 Å². The second-order valence-electron chi connectivity index (χ2n) is 4.84. The molecular weight excluding hydrogens is 310 g/mol. The largest absolute Gasteiger partial charge is 0.296 e. The van der Waals surface area contributed by atoms with Crippen molar-refractivity contribution >= 4 is 34.2 Å². The predicted octanol–water partition coefficient (Wildman–Crippen LogP) is 4.91. The number of imidazole rings is 1. The number of hydrogen-bond donors (Lipinski definition) is 0. The second kappa shape index (κ2) is 5.66. The molecule has 0 bridgehead atoms. The van der Waals surface area contributed by atoms with Gasteiger partial charge in [-0.15, -0.1) is 11.6 Å². The van der Waals surface area contributed by atoms with Crippen LogP contribution in [0.15, 0.2) is 36.4 Å². The summed E-state index contributed by atoms with van der Waals surface area (Å²) in [6, 6.07) is 10.6. The molecule has 0 saturated heterocycles. The summed E-state index contributed by atoms with van der Waals surface area (Å²) in [5, 5.41) is 0.598. The van der Waals surface area contributed by atoms with Crippen molar-refractivity contribution in [1.29, 1.82) is 0 Å². The number of hydrogen-bond acceptors (Lipinski definition) is 1. The van der Waals surface area contributed by atoms with Crippen LogP contribution in [0.1, 0.15) is 11.4 Å². The van der Waals surface area contributed by atoms with E-state index in [4.69, 9.17) is 23.2 Å². The third kappa shape index (κ3) is 2.52. The van der Waals surface area contributed by atoms with E-state index in [-0.39, 0.29) is 5.82 Å². The van der Waals surface area contributed by atoms with Crippen molar-refractivity contribution in [2.75, 3.05) is 5.88 Å². The van der Waals surface area contributed by atoms with Crippen molar-refractivity contribution in [3.8, 4) is 5.69 Å². The molecule has 0 spiro atoms. The molecule has 1 heterocycles. The Bertz CT molecular complexity index is 811.